The van der Waals surface area contributed by atoms with Crippen LogP contribution >= 0.6 is 0 Å². The van der Waals surface area contributed by atoms with Crippen LogP contribution in [-0.2, 0) is 21.3 Å². The SMILES string of the molecule is CC1=[C-]CC=C1c1ccc(F)cc1.CC1=[C-]CC=C1c1ccc(F)cc1.[Cl-].[Cl-].[Hf+2]=[Ge]([c]1ccccc1)[c]1ccccc1. The summed E-state index contributed by atoms with van der Waals surface area (Å²) in [4.78, 5) is 0. The Morgan fingerprint density at radius 1 is 0.548 bits per heavy atom. The summed E-state index contributed by atoms with van der Waals surface area (Å²) in [5.41, 5.74) is 6.83. The van der Waals surface area contributed by atoms with Crippen molar-refractivity contribution in [3.05, 3.63) is 167 Å². The van der Waals surface area contributed by atoms with E-state index in [4.69, 9.17) is 0 Å². The zero-order valence-electron chi connectivity index (χ0n) is 23.5. The standard InChI is InChI=1S/2C12H10F.C12H10Ge.2ClH.Hf/c2*1-9-3-2-4-12(9)10-5-7-11(13)8-6-10;1-3-7-11(8-4-1)13-12-9-5-2-6-10-12;;;/h2*4-8H,2H2,1H3;1-10H;2*1H;/q2*-1;;;;+2/p-2. The van der Waals surface area contributed by atoms with E-state index < -0.39 is 10.1 Å². The van der Waals surface area contributed by atoms with Crippen LogP contribution in [0.4, 0.5) is 8.78 Å². The van der Waals surface area contributed by atoms with Crippen molar-refractivity contribution in [2.75, 3.05) is 0 Å². The van der Waals surface area contributed by atoms with Crippen LogP contribution in [0.3, 0.4) is 0 Å². The van der Waals surface area contributed by atoms with Gasteiger partial charge in [-0.05, 0) is 24.3 Å². The van der Waals surface area contributed by atoms with Crippen molar-refractivity contribution in [2.45, 2.75) is 26.7 Å². The molecular weight excluding hydrogens is 792 g/mol. The van der Waals surface area contributed by atoms with Gasteiger partial charge in [0.2, 0.25) is 0 Å². The second-order valence-corrected chi connectivity index (χ2v) is 22.7. The molecule has 0 heterocycles. The monoisotopic (exact) mass is 824 g/mol. The molecule has 0 spiro atoms. The summed E-state index contributed by atoms with van der Waals surface area (Å²) in [6, 6.07) is 35.1. The normalized spacial score (nSPS) is 12.9. The third-order valence-corrected chi connectivity index (χ3v) is 21.2. The molecule has 0 nitrogen and oxygen atoms in total. The molecule has 0 unspecified atom stereocenters. The first-order chi connectivity index (χ1) is 19.4. The van der Waals surface area contributed by atoms with Crippen LogP contribution in [0.25, 0.3) is 11.1 Å². The van der Waals surface area contributed by atoms with Crippen LogP contribution in [0.15, 0.2) is 132 Å². The maximum atomic E-state index is 12.6. The van der Waals surface area contributed by atoms with Crippen LogP contribution < -0.4 is 33.6 Å². The quantitative estimate of drug-likeness (QED) is 0.219. The second kappa shape index (κ2) is 18.4. The molecule has 0 N–H and O–H groups in total. The fourth-order valence-corrected chi connectivity index (χ4v) is 13.5. The summed E-state index contributed by atoms with van der Waals surface area (Å²) in [5.74, 6) is -0.374. The van der Waals surface area contributed by atoms with Gasteiger partial charge in [0.15, 0.2) is 0 Å². The van der Waals surface area contributed by atoms with Crippen molar-refractivity contribution in [2.24, 2.45) is 0 Å². The maximum absolute atomic E-state index is 12.6. The van der Waals surface area contributed by atoms with Gasteiger partial charge in [-0.25, -0.2) is 19.9 Å². The van der Waals surface area contributed by atoms with Gasteiger partial charge in [0.05, 0.1) is 0 Å². The molecule has 0 aromatic heterocycles. The number of hydrogen-bond acceptors (Lipinski definition) is 0. The molecule has 2 aliphatic rings. The molecule has 212 valence electrons. The molecule has 4 aromatic rings. The molecule has 0 aliphatic heterocycles. The Bertz CT molecular complexity index is 1440. The van der Waals surface area contributed by atoms with Gasteiger partial charge in [0, 0.05) is 0 Å². The molecule has 0 saturated heterocycles. The first-order valence-electron chi connectivity index (χ1n) is 13.2. The summed E-state index contributed by atoms with van der Waals surface area (Å²) < 4.78 is 28.5. The predicted molar refractivity (Wildman–Crippen MR) is 161 cm³/mol. The molecule has 4 aromatic carbocycles. The van der Waals surface area contributed by atoms with Gasteiger partial charge in [-0.1, -0.05) is 38.1 Å². The first-order valence-corrected chi connectivity index (χ1v) is 25.7. The van der Waals surface area contributed by atoms with Crippen molar-refractivity contribution in [1.29, 1.82) is 0 Å². The number of halogens is 4. The van der Waals surface area contributed by atoms with E-state index in [0.717, 1.165) is 35.1 Å². The molecule has 0 fully saturated rings. The minimum absolute atomic E-state index is 0. The topological polar surface area (TPSA) is 0 Å². The molecule has 0 saturated carbocycles. The molecular formula is C36H30Cl2F2GeHf-2. The van der Waals surface area contributed by atoms with Crippen LogP contribution in [0, 0.1) is 23.8 Å². The predicted octanol–water partition coefficient (Wildman–Crippen LogP) is 2.07. The van der Waals surface area contributed by atoms with E-state index in [1.807, 2.05) is 13.8 Å². The van der Waals surface area contributed by atoms with E-state index in [1.54, 1.807) is 33.1 Å². The third kappa shape index (κ3) is 10.4. The van der Waals surface area contributed by atoms with E-state index in [9.17, 15) is 8.78 Å². The van der Waals surface area contributed by atoms with E-state index in [0.29, 0.717) is 0 Å². The van der Waals surface area contributed by atoms with Crippen LogP contribution in [-0.4, -0.2) is 10.1 Å². The van der Waals surface area contributed by atoms with Gasteiger partial charge in [0.1, 0.15) is 11.6 Å². The Morgan fingerprint density at radius 2 is 0.881 bits per heavy atom. The van der Waals surface area contributed by atoms with Crippen molar-refractivity contribution in [3.8, 4) is 0 Å². The molecule has 0 radical (unpaired) electrons. The van der Waals surface area contributed by atoms with Gasteiger partial charge in [0.25, 0.3) is 0 Å². The Hall–Kier alpha value is -2.31. The second-order valence-electron chi connectivity index (χ2n) is 9.37. The minimum atomic E-state index is -1.06. The summed E-state index contributed by atoms with van der Waals surface area (Å²) in [6.45, 7) is 4.06. The van der Waals surface area contributed by atoms with Crippen LogP contribution in [0.1, 0.15) is 37.8 Å². The number of allylic oxidation sites excluding steroid dienone is 8. The van der Waals surface area contributed by atoms with Crippen molar-refractivity contribution >= 4 is 30.0 Å². The van der Waals surface area contributed by atoms with E-state index in [-0.39, 0.29) is 36.4 Å². The first kappa shape index (κ1) is 35.9. The molecule has 6 rings (SSSR count). The summed E-state index contributed by atoms with van der Waals surface area (Å²) in [6.07, 6.45) is 12.4. The van der Waals surface area contributed by atoms with Crippen LogP contribution in [0.2, 0.25) is 0 Å². The number of benzene rings is 4. The van der Waals surface area contributed by atoms with E-state index in [1.165, 1.54) is 56.7 Å². The van der Waals surface area contributed by atoms with Gasteiger partial charge >= 0.3 is 101 Å². The fraction of sp³-hybridized carbons (Fsp3) is 0.111. The molecule has 6 heteroatoms. The van der Waals surface area contributed by atoms with Gasteiger partial charge in [-0.3, -0.25) is 12.2 Å². The van der Waals surface area contributed by atoms with Crippen molar-refractivity contribution in [1.82, 2.24) is 0 Å². The van der Waals surface area contributed by atoms with E-state index >= 15 is 0 Å². The average molecular weight is 823 g/mol. The summed E-state index contributed by atoms with van der Waals surface area (Å²) >= 11 is 1.33. The zero-order valence-corrected chi connectivity index (χ0v) is 30.7. The zero-order chi connectivity index (χ0) is 28.3. The Balaban J connectivity index is 0.000000215. The Morgan fingerprint density at radius 3 is 1.17 bits per heavy atom. The summed E-state index contributed by atoms with van der Waals surface area (Å²) in [7, 11) is -1.06. The number of rotatable bonds is 4. The van der Waals surface area contributed by atoms with Gasteiger partial charge in [-0.2, -0.15) is 23.3 Å². The number of hydrogen-bond donors (Lipinski definition) is 0. The fourth-order valence-electron chi connectivity index (χ4n) is 4.41. The Labute approximate surface area is 276 Å². The van der Waals surface area contributed by atoms with Crippen molar-refractivity contribution in [3.63, 3.8) is 0 Å². The van der Waals surface area contributed by atoms with Gasteiger partial charge in [-0.15, -0.1) is 24.0 Å². The van der Waals surface area contributed by atoms with Crippen molar-refractivity contribution < 1.29 is 54.9 Å². The molecule has 0 amide bonds. The van der Waals surface area contributed by atoms with Gasteiger partial charge < -0.3 is 24.8 Å². The third-order valence-electron chi connectivity index (χ3n) is 6.59. The van der Waals surface area contributed by atoms with Crippen LogP contribution in [0.5, 0.6) is 0 Å². The summed E-state index contributed by atoms with van der Waals surface area (Å²) in [5, 5.41) is 0. The molecule has 0 atom stereocenters. The van der Waals surface area contributed by atoms with E-state index in [2.05, 4.69) is 85.0 Å². The molecule has 0 bridgehead atoms. The average Bonchev–Trinajstić information content (AvgIpc) is 3.63. The Kier molecular flexibility index (Phi) is 15.7. The molecule has 2 aliphatic carbocycles. The molecule has 42 heavy (non-hydrogen) atoms.